The Balaban J connectivity index is 1.88. The van der Waals surface area contributed by atoms with Crippen LogP contribution in [0.1, 0.15) is 49.6 Å². The summed E-state index contributed by atoms with van der Waals surface area (Å²) in [5.41, 5.74) is 4.19. The van der Waals surface area contributed by atoms with Gasteiger partial charge in [0.15, 0.2) is 11.5 Å². The highest BCUT2D eigenvalue weighted by Gasteiger charge is 2.40. The number of fused-ring (bicyclic) bond motifs is 3. The Morgan fingerprint density at radius 3 is 2.68 bits per heavy atom. The summed E-state index contributed by atoms with van der Waals surface area (Å²) in [4.78, 5) is 18.0. The van der Waals surface area contributed by atoms with Gasteiger partial charge in [-0.1, -0.05) is 38.1 Å². The maximum Gasteiger partial charge on any atom is 0.321 e. The molecule has 1 aliphatic rings. The molecule has 0 fully saturated rings. The van der Waals surface area contributed by atoms with Gasteiger partial charge in [-0.25, -0.2) is 0 Å². The fraction of sp³-hybridized carbons (Fsp3) is 0.400. The van der Waals surface area contributed by atoms with E-state index in [4.69, 9.17) is 9.47 Å². The van der Waals surface area contributed by atoms with Crippen LogP contribution in [0, 0.1) is 0 Å². The average molecular weight is 423 g/mol. The Bertz CT molecular complexity index is 1070. The quantitative estimate of drug-likeness (QED) is 0.547. The van der Waals surface area contributed by atoms with Crippen LogP contribution in [-0.2, 0) is 11.2 Å². The first-order valence-corrected chi connectivity index (χ1v) is 11.0. The molecule has 6 heteroatoms. The number of ether oxygens (including phenoxy) is 2. The van der Waals surface area contributed by atoms with Crippen molar-refractivity contribution in [3.63, 3.8) is 0 Å². The second kappa shape index (κ2) is 9.02. The van der Waals surface area contributed by atoms with E-state index < -0.39 is 12.0 Å². The molecule has 0 unspecified atom stereocenters. The highest BCUT2D eigenvalue weighted by atomic mass is 16.5. The van der Waals surface area contributed by atoms with Crippen LogP contribution in [-0.4, -0.2) is 47.3 Å². The topological polar surface area (TPSA) is 74.8 Å². The average Bonchev–Trinajstić information content (AvgIpc) is 3.15. The van der Waals surface area contributed by atoms with Gasteiger partial charge < -0.3 is 19.6 Å². The zero-order chi connectivity index (χ0) is 22.0. The Kier molecular flexibility index (Phi) is 6.18. The molecule has 0 spiro atoms. The molecule has 0 radical (unpaired) electrons. The third-order valence-electron chi connectivity index (χ3n) is 5.98. The lowest BCUT2D eigenvalue weighted by Gasteiger charge is -2.40. The van der Waals surface area contributed by atoms with Gasteiger partial charge in [0, 0.05) is 23.0 Å². The normalized spacial score (nSPS) is 18.7. The van der Waals surface area contributed by atoms with E-state index in [9.17, 15) is 9.90 Å². The number of aromatic amines is 1. The molecular weight excluding hydrogens is 392 g/mol. The molecule has 0 aliphatic carbocycles. The maximum atomic E-state index is 12.3. The number of methoxy groups -OCH3 is 1. The number of carboxylic acids is 1. The van der Waals surface area contributed by atoms with Crippen molar-refractivity contribution in [3.05, 3.63) is 59.3 Å². The molecule has 0 bridgehead atoms. The van der Waals surface area contributed by atoms with Crippen molar-refractivity contribution in [1.29, 1.82) is 0 Å². The molecular formula is C25H30N2O4. The predicted molar refractivity (Wildman–Crippen MR) is 121 cm³/mol. The molecule has 0 amide bonds. The number of para-hydroxylation sites is 1. The summed E-state index contributed by atoms with van der Waals surface area (Å²) in [6.45, 7) is 5.45. The van der Waals surface area contributed by atoms with E-state index in [1.54, 1.807) is 7.11 Å². The third kappa shape index (κ3) is 3.88. The number of aliphatic carboxylic acids is 1. The first-order chi connectivity index (χ1) is 15.1. The fourth-order valence-electron chi connectivity index (χ4n) is 4.65. The van der Waals surface area contributed by atoms with Gasteiger partial charge in [0.2, 0.25) is 0 Å². The number of H-pyrrole nitrogens is 1. The van der Waals surface area contributed by atoms with Crippen LogP contribution in [0.25, 0.3) is 10.9 Å². The number of carboxylic acid groups (broad SMARTS) is 1. The Hall–Kier alpha value is -2.99. The van der Waals surface area contributed by atoms with Gasteiger partial charge in [-0.2, -0.15) is 0 Å². The molecule has 6 nitrogen and oxygen atoms in total. The summed E-state index contributed by atoms with van der Waals surface area (Å²) in [5, 5.41) is 11.2. The summed E-state index contributed by atoms with van der Waals surface area (Å²) in [6.07, 6.45) is 2.27. The Morgan fingerprint density at radius 1 is 1.16 bits per heavy atom. The molecule has 2 N–H and O–H groups in total. The lowest BCUT2D eigenvalue weighted by molar-refractivity contribution is -0.144. The van der Waals surface area contributed by atoms with Crippen LogP contribution in [0.3, 0.4) is 0 Å². The van der Waals surface area contributed by atoms with E-state index in [2.05, 4.69) is 29.8 Å². The fourth-order valence-corrected chi connectivity index (χ4v) is 4.65. The highest BCUT2D eigenvalue weighted by molar-refractivity contribution is 5.87. The molecule has 4 rings (SSSR count). The van der Waals surface area contributed by atoms with E-state index in [1.807, 2.05) is 36.4 Å². The largest absolute Gasteiger partial charge is 0.493 e. The second-order valence-electron chi connectivity index (χ2n) is 8.02. The monoisotopic (exact) mass is 422 g/mol. The zero-order valence-corrected chi connectivity index (χ0v) is 18.4. The van der Waals surface area contributed by atoms with Gasteiger partial charge in [0.25, 0.3) is 0 Å². The van der Waals surface area contributed by atoms with Gasteiger partial charge in [-0.3, -0.25) is 9.69 Å². The second-order valence-corrected chi connectivity index (χ2v) is 8.02. The Labute approximate surface area is 182 Å². The van der Waals surface area contributed by atoms with Gasteiger partial charge in [-0.15, -0.1) is 0 Å². The van der Waals surface area contributed by atoms with Crippen molar-refractivity contribution in [2.24, 2.45) is 0 Å². The summed E-state index contributed by atoms with van der Waals surface area (Å²) in [5.74, 6) is 0.583. The van der Waals surface area contributed by atoms with Gasteiger partial charge >= 0.3 is 5.97 Å². The number of nitrogens with zero attached hydrogens (tertiary/aromatic N) is 1. The van der Waals surface area contributed by atoms with Crippen LogP contribution in [0.4, 0.5) is 0 Å². The van der Waals surface area contributed by atoms with Crippen molar-refractivity contribution in [2.45, 2.75) is 45.2 Å². The number of nitrogens with one attached hydrogen (secondary N) is 1. The lowest BCUT2D eigenvalue weighted by Crippen LogP contribution is -2.48. The van der Waals surface area contributed by atoms with Gasteiger partial charge in [0.05, 0.1) is 19.8 Å². The van der Waals surface area contributed by atoms with E-state index in [0.29, 0.717) is 31.1 Å². The van der Waals surface area contributed by atoms with E-state index in [1.165, 1.54) is 0 Å². The smallest absolute Gasteiger partial charge is 0.321 e. The molecule has 0 saturated carbocycles. The van der Waals surface area contributed by atoms with Crippen LogP contribution < -0.4 is 9.47 Å². The van der Waals surface area contributed by atoms with Gasteiger partial charge in [0.1, 0.15) is 6.04 Å². The maximum absolute atomic E-state index is 12.3. The van der Waals surface area contributed by atoms with Crippen LogP contribution in [0.5, 0.6) is 11.5 Å². The van der Waals surface area contributed by atoms with Crippen molar-refractivity contribution in [3.8, 4) is 11.5 Å². The van der Waals surface area contributed by atoms with Crippen molar-refractivity contribution >= 4 is 16.9 Å². The standard InChI is InChI=1S/C25H30N2O4/c1-4-12-27-20(25(28)29)15-18-17-8-6-7-9-19(17)26-23(18)24(27)16-10-11-21(31-13-5-2)22(14-16)30-3/h6-11,14,20,24,26H,4-5,12-13,15H2,1-3H3,(H,28,29)/t20-,24-/m0/s1. The highest BCUT2D eigenvalue weighted by Crippen LogP contribution is 2.43. The van der Waals surface area contributed by atoms with Crippen molar-refractivity contribution in [2.75, 3.05) is 20.3 Å². The molecule has 1 aromatic heterocycles. The van der Waals surface area contributed by atoms with Crippen LogP contribution in [0.2, 0.25) is 0 Å². The van der Waals surface area contributed by atoms with Gasteiger partial charge in [-0.05, 0) is 48.7 Å². The lowest BCUT2D eigenvalue weighted by atomic mass is 9.87. The number of rotatable bonds is 8. The molecule has 3 aromatic rings. The van der Waals surface area contributed by atoms with Crippen molar-refractivity contribution in [1.82, 2.24) is 9.88 Å². The van der Waals surface area contributed by atoms with E-state index in [0.717, 1.165) is 40.6 Å². The van der Waals surface area contributed by atoms with Crippen molar-refractivity contribution < 1.29 is 19.4 Å². The predicted octanol–water partition coefficient (Wildman–Crippen LogP) is 4.78. The summed E-state index contributed by atoms with van der Waals surface area (Å²) < 4.78 is 11.5. The molecule has 2 heterocycles. The zero-order valence-electron chi connectivity index (χ0n) is 18.4. The van der Waals surface area contributed by atoms with E-state index in [-0.39, 0.29) is 6.04 Å². The number of aromatic nitrogens is 1. The first-order valence-electron chi connectivity index (χ1n) is 11.0. The molecule has 0 saturated heterocycles. The minimum atomic E-state index is -0.788. The first kappa shape index (κ1) is 21.2. The van der Waals surface area contributed by atoms with Crippen LogP contribution >= 0.6 is 0 Å². The molecule has 2 aromatic carbocycles. The van der Waals surface area contributed by atoms with Crippen LogP contribution in [0.15, 0.2) is 42.5 Å². The molecule has 2 atom stereocenters. The minimum Gasteiger partial charge on any atom is -0.493 e. The third-order valence-corrected chi connectivity index (χ3v) is 5.98. The number of hydrogen-bond donors (Lipinski definition) is 2. The summed E-state index contributed by atoms with van der Waals surface area (Å²) in [7, 11) is 1.64. The molecule has 31 heavy (non-hydrogen) atoms. The summed E-state index contributed by atoms with van der Waals surface area (Å²) in [6, 6.07) is 13.3. The minimum absolute atomic E-state index is 0.202. The molecule has 164 valence electrons. The molecule has 1 aliphatic heterocycles. The Morgan fingerprint density at radius 2 is 1.97 bits per heavy atom. The summed E-state index contributed by atoms with van der Waals surface area (Å²) >= 11 is 0. The SMILES string of the molecule is CCCOc1ccc([C@H]2c3[nH]c4ccccc4c3C[C@@H](C(=O)O)N2CCC)cc1OC. The number of benzene rings is 2. The number of carbonyl (C=O) groups is 1. The number of hydrogen-bond acceptors (Lipinski definition) is 4. The van der Waals surface area contributed by atoms with E-state index >= 15 is 0 Å².